The van der Waals surface area contributed by atoms with Crippen LogP contribution in [0.1, 0.15) is 36.9 Å². The first-order chi connectivity index (χ1) is 15.5. The van der Waals surface area contributed by atoms with E-state index in [2.05, 4.69) is 15.7 Å². The molecule has 0 radical (unpaired) electrons. The molecule has 0 fully saturated rings. The second-order valence-corrected chi connectivity index (χ2v) is 8.26. The van der Waals surface area contributed by atoms with E-state index in [1.165, 1.54) is 16.8 Å². The monoisotopic (exact) mass is 455 g/mol. The largest absolute Gasteiger partial charge is 0.449 e. The van der Waals surface area contributed by atoms with Crippen LogP contribution in [0.15, 0.2) is 53.6 Å². The molecular formula is C23H29N5O3S. The lowest BCUT2D eigenvalue weighted by molar-refractivity contribution is 0.160. The minimum Gasteiger partial charge on any atom is -0.449 e. The number of ether oxygens (including phenoxy) is 1. The molecule has 3 rings (SSSR count). The fraction of sp³-hybridized carbons (Fsp3) is 0.348. The number of amides is 2. The zero-order valence-corrected chi connectivity index (χ0v) is 19.2. The van der Waals surface area contributed by atoms with Gasteiger partial charge in [-0.3, -0.25) is 10.1 Å². The average molecular weight is 456 g/mol. The van der Waals surface area contributed by atoms with Crippen LogP contribution >= 0.6 is 11.8 Å². The number of nitrogens with one attached hydrogen (secondary N) is 2. The third-order valence-electron chi connectivity index (χ3n) is 5.00. The van der Waals surface area contributed by atoms with Crippen molar-refractivity contribution in [3.05, 3.63) is 59.7 Å². The molecule has 1 unspecified atom stereocenters. The van der Waals surface area contributed by atoms with Crippen molar-refractivity contribution in [2.45, 2.75) is 25.8 Å². The summed E-state index contributed by atoms with van der Waals surface area (Å²) in [6, 6.07) is 14.7. The van der Waals surface area contributed by atoms with Gasteiger partial charge in [-0.2, -0.15) is 5.10 Å². The summed E-state index contributed by atoms with van der Waals surface area (Å²) in [5, 5.41) is 11.9. The number of carbonyl (C=O) groups is 2. The Hall–Kier alpha value is -3.04. The number of anilines is 2. The number of hydrogen-bond donors (Lipinski definition) is 3. The predicted molar refractivity (Wildman–Crippen MR) is 130 cm³/mol. The van der Waals surface area contributed by atoms with Crippen LogP contribution in [0.25, 0.3) is 0 Å². The summed E-state index contributed by atoms with van der Waals surface area (Å²) in [6.07, 6.45) is 0.910. The topological polar surface area (TPSA) is 109 Å². The van der Waals surface area contributed by atoms with E-state index < -0.39 is 6.09 Å². The maximum Gasteiger partial charge on any atom is 0.411 e. The van der Waals surface area contributed by atoms with Crippen molar-refractivity contribution in [1.29, 1.82) is 0 Å². The van der Waals surface area contributed by atoms with Crippen LogP contribution in [0, 0.1) is 0 Å². The van der Waals surface area contributed by atoms with Gasteiger partial charge in [-0.15, -0.1) is 0 Å². The van der Waals surface area contributed by atoms with E-state index >= 15 is 0 Å². The van der Waals surface area contributed by atoms with Crippen molar-refractivity contribution in [3.63, 3.8) is 0 Å². The minimum atomic E-state index is -0.500. The third kappa shape index (κ3) is 6.24. The lowest BCUT2D eigenvalue weighted by Gasteiger charge is -2.30. The van der Waals surface area contributed by atoms with Gasteiger partial charge in [0.25, 0.3) is 0 Å². The van der Waals surface area contributed by atoms with Gasteiger partial charge >= 0.3 is 11.3 Å². The Balaban J connectivity index is 1.76. The van der Waals surface area contributed by atoms with Crippen molar-refractivity contribution < 1.29 is 14.3 Å². The van der Waals surface area contributed by atoms with Gasteiger partial charge in [-0.25, -0.2) is 9.80 Å². The van der Waals surface area contributed by atoms with Gasteiger partial charge in [0, 0.05) is 17.1 Å². The number of nitrogens with two attached hydrogens (primary N) is 1. The molecule has 1 aliphatic rings. The first kappa shape index (κ1) is 23.6. The number of hydrogen-bond acceptors (Lipinski definition) is 7. The molecule has 1 aliphatic heterocycles. The van der Waals surface area contributed by atoms with Crippen LogP contribution in [0.5, 0.6) is 0 Å². The Kier molecular flexibility index (Phi) is 8.52. The van der Waals surface area contributed by atoms with Gasteiger partial charge in [0.15, 0.2) is 0 Å². The highest BCUT2D eigenvalue weighted by Gasteiger charge is 2.29. The number of hydrazone groups is 1. The average Bonchev–Trinajstić information content (AvgIpc) is 2.79. The molecule has 0 aliphatic carbocycles. The van der Waals surface area contributed by atoms with E-state index in [4.69, 9.17) is 10.5 Å². The summed E-state index contributed by atoms with van der Waals surface area (Å²) in [4.78, 5) is 24.8. The van der Waals surface area contributed by atoms with Gasteiger partial charge in [0.2, 0.25) is 0 Å². The number of nitrogen functional groups attached to an aromatic ring is 1. The molecule has 2 aromatic carbocycles. The van der Waals surface area contributed by atoms with Crippen LogP contribution in [0.2, 0.25) is 0 Å². The number of rotatable bonds is 9. The Labute approximate surface area is 192 Å². The van der Waals surface area contributed by atoms with Crippen LogP contribution in [-0.2, 0) is 4.74 Å². The molecular weight excluding hydrogens is 426 g/mol. The van der Waals surface area contributed by atoms with Crippen LogP contribution < -0.4 is 16.4 Å². The summed E-state index contributed by atoms with van der Waals surface area (Å²) in [6.45, 7) is 3.12. The highest BCUT2D eigenvalue weighted by atomic mass is 32.2. The van der Waals surface area contributed by atoms with Gasteiger partial charge in [0.1, 0.15) is 0 Å². The molecule has 0 saturated heterocycles. The first-order valence-electron chi connectivity index (χ1n) is 10.6. The van der Waals surface area contributed by atoms with Crippen LogP contribution in [0.4, 0.5) is 21.0 Å². The molecule has 2 aromatic rings. The zero-order chi connectivity index (χ0) is 22.9. The maximum absolute atomic E-state index is 12.7. The lowest BCUT2D eigenvalue weighted by Crippen LogP contribution is -2.33. The van der Waals surface area contributed by atoms with Crippen LogP contribution in [-0.4, -0.2) is 48.0 Å². The maximum atomic E-state index is 12.7. The normalized spacial score (nSPS) is 14.6. The predicted octanol–water partition coefficient (Wildman–Crippen LogP) is 4.45. The summed E-state index contributed by atoms with van der Waals surface area (Å²) in [5.41, 5.74) is 9.73. The first-order valence-corrected chi connectivity index (χ1v) is 11.6. The van der Waals surface area contributed by atoms with Crippen molar-refractivity contribution in [3.8, 4) is 0 Å². The second-order valence-electron chi connectivity index (χ2n) is 7.34. The van der Waals surface area contributed by atoms with E-state index in [0.717, 1.165) is 29.8 Å². The highest BCUT2D eigenvalue weighted by Crippen LogP contribution is 2.32. The number of nitrogens with zero attached hydrogens (tertiary/aromatic N) is 2. The van der Waals surface area contributed by atoms with E-state index in [-0.39, 0.29) is 11.3 Å². The summed E-state index contributed by atoms with van der Waals surface area (Å²) >= 11 is 1.23. The highest BCUT2D eigenvalue weighted by molar-refractivity contribution is 8.14. The molecule has 4 N–H and O–H groups in total. The molecule has 0 aromatic heterocycles. The Morgan fingerprint density at radius 2 is 2.06 bits per heavy atom. The number of thioether (sulfide) groups is 1. The van der Waals surface area contributed by atoms with Gasteiger partial charge < -0.3 is 15.8 Å². The van der Waals surface area contributed by atoms with Crippen molar-refractivity contribution in [2.75, 3.05) is 37.0 Å². The second kappa shape index (κ2) is 11.5. The summed E-state index contributed by atoms with van der Waals surface area (Å²) in [5.74, 6) is 0.511. The molecule has 2 amide bonds. The third-order valence-corrected chi connectivity index (χ3v) is 5.85. The van der Waals surface area contributed by atoms with E-state index in [9.17, 15) is 9.59 Å². The molecule has 32 heavy (non-hydrogen) atoms. The molecule has 9 heteroatoms. The standard InChI is InChI=1S/C23H29N5O3S/c1-3-21(17-6-4-7-19(14-17)26-22(29)31-13-5-12-25-2)28-23(30)32-15-20(27-28)16-8-10-18(24)11-9-16/h4,6-11,14,21,25H,3,5,12-13,15,24H2,1-2H3,(H,26,29). The molecule has 1 atom stereocenters. The Bertz CT molecular complexity index is 964. The molecule has 170 valence electrons. The fourth-order valence-corrected chi connectivity index (χ4v) is 4.14. The smallest absolute Gasteiger partial charge is 0.411 e. The Morgan fingerprint density at radius 1 is 1.28 bits per heavy atom. The van der Waals surface area contributed by atoms with Crippen molar-refractivity contribution in [2.24, 2.45) is 5.10 Å². The lowest BCUT2D eigenvalue weighted by atomic mass is 10.0. The van der Waals surface area contributed by atoms with Crippen LogP contribution in [0.3, 0.4) is 0 Å². The van der Waals surface area contributed by atoms with Gasteiger partial charge in [-0.1, -0.05) is 43.0 Å². The molecule has 8 nitrogen and oxygen atoms in total. The zero-order valence-electron chi connectivity index (χ0n) is 18.3. The van der Waals surface area contributed by atoms with E-state index in [0.29, 0.717) is 30.2 Å². The molecule has 1 heterocycles. The van der Waals surface area contributed by atoms with Crippen molar-refractivity contribution >= 4 is 40.2 Å². The quantitative estimate of drug-likeness (QED) is 0.381. The summed E-state index contributed by atoms with van der Waals surface area (Å²) in [7, 11) is 1.85. The molecule has 0 bridgehead atoms. The van der Waals surface area contributed by atoms with E-state index in [1.54, 1.807) is 6.07 Å². The van der Waals surface area contributed by atoms with Gasteiger partial charge in [-0.05, 0) is 61.8 Å². The SMILES string of the molecule is CCC(c1cccc(NC(=O)OCCCNC)c1)N1N=C(c2ccc(N)cc2)CSC1=O. The fourth-order valence-electron chi connectivity index (χ4n) is 3.35. The number of carbonyl (C=O) groups excluding carboxylic acids is 2. The molecule has 0 spiro atoms. The van der Waals surface area contributed by atoms with Crippen molar-refractivity contribution in [1.82, 2.24) is 10.3 Å². The van der Waals surface area contributed by atoms with Gasteiger partial charge in [0.05, 0.1) is 18.4 Å². The summed E-state index contributed by atoms with van der Waals surface area (Å²) < 4.78 is 5.19. The van der Waals surface area contributed by atoms with E-state index in [1.807, 2.05) is 56.4 Å². The minimum absolute atomic E-state index is 0.0987. The molecule has 0 saturated carbocycles. The Morgan fingerprint density at radius 3 is 2.78 bits per heavy atom. The number of benzene rings is 2.